The third-order valence-electron chi connectivity index (χ3n) is 2.85. The van der Waals surface area contributed by atoms with Gasteiger partial charge in [-0.15, -0.1) is 22.9 Å². The molecule has 0 aliphatic carbocycles. The van der Waals surface area contributed by atoms with Gasteiger partial charge in [0.2, 0.25) is 0 Å². The number of alkyl halides is 1. The van der Waals surface area contributed by atoms with E-state index in [1.807, 2.05) is 0 Å². The number of rotatable bonds is 3. The first kappa shape index (κ1) is 11.9. The van der Waals surface area contributed by atoms with E-state index in [1.165, 1.54) is 22.2 Å². The van der Waals surface area contributed by atoms with Crippen LogP contribution in [0.25, 0.3) is 0 Å². The zero-order chi connectivity index (χ0) is 10.7. The summed E-state index contributed by atoms with van der Waals surface area (Å²) in [7, 11) is 0. The summed E-state index contributed by atoms with van der Waals surface area (Å²) in [6.45, 7) is 0.857. The predicted molar refractivity (Wildman–Crippen MR) is 69.0 cm³/mol. The maximum Gasteiger partial charge on any atom is 0.0865 e. The van der Waals surface area contributed by atoms with Gasteiger partial charge in [-0.05, 0) is 46.6 Å². The molecule has 1 aromatic rings. The number of thiophene rings is 1. The summed E-state index contributed by atoms with van der Waals surface area (Å²) in [5.74, 6) is 0.595. The molecule has 1 aromatic heterocycles. The van der Waals surface area contributed by atoms with Crippen molar-refractivity contribution >= 4 is 38.9 Å². The van der Waals surface area contributed by atoms with Crippen molar-refractivity contribution in [1.82, 2.24) is 0 Å². The van der Waals surface area contributed by atoms with Crippen molar-refractivity contribution < 1.29 is 4.74 Å². The standard InChI is InChI=1S/C11H14BrClOS/c12-9-3-6-15-10(9)7-11(8-13)4-1-2-5-14-11/h3,6H,1-2,4-5,7-8H2. The van der Waals surface area contributed by atoms with E-state index >= 15 is 0 Å². The lowest BCUT2D eigenvalue weighted by Crippen LogP contribution is -2.40. The summed E-state index contributed by atoms with van der Waals surface area (Å²) in [5, 5.41) is 2.10. The van der Waals surface area contributed by atoms with E-state index in [4.69, 9.17) is 16.3 Å². The highest BCUT2D eigenvalue weighted by molar-refractivity contribution is 9.10. The Labute approximate surface area is 108 Å². The molecule has 1 atom stereocenters. The largest absolute Gasteiger partial charge is 0.373 e. The molecule has 15 heavy (non-hydrogen) atoms. The zero-order valence-corrected chi connectivity index (χ0v) is 11.6. The highest BCUT2D eigenvalue weighted by Gasteiger charge is 2.33. The SMILES string of the molecule is ClCC1(Cc2sccc2Br)CCCCO1. The van der Waals surface area contributed by atoms with Crippen LogP contribution in [0.2, 0.25) is 0 Å². The van der Waals surface area contributed by atoms with Gasteiger partial charge >= 0.3 is 0 Å². The van der Waals surface area contributed by atoms with Crippen LogP contribution in [0.4, 0.5) is 0 Å². The monoisotopic (exact) mass is 308 g/mol. The van der Waals surface area contributed by atoms with E-state index in [9.17, 15) is 0 Å². The van der Waals surface area contributed by atoms with Crippen molar-refractivity contribution in [2.75, 3.05) is 12.5 Å². The van der Waals surface area contributed by atoms with Gasteiger partial charge in [-0.1, -0.05) is 0 Å². The first-order valence-electron chi connectivity index (χ1n) is 5.18. The lowest BCUT2D eigenvalue weighted by Gasteiger charge is -2.35. The van der Waals surface area contributed by atoms with Gasteiger partial charge in [0.05, 0.1) is 11.5 Å². The van der Waals surface area contributed by atoms with Crippen LogP contribution in [0, 0.1) is 0 Å². The zero-order valence-electron chi connectivity index (χ0n) is 8.47. The second-order valence-electron chi connectivity index (χ2n) is 3.99. The number of hydrogen-bond acceptors (Lipinski definition) is 2. The Balaban J connectivity index is 2.10. The summed E-state index contributed by atoms with van der Waals surface area (Å²) in [5.41, 5.74) is -0.118. The van der Waals surface area contributed by atoms with Crippen LogP contribution in [0.5, 0.6) is 0 Å². The molecule has 2 heterocycles. The minimum atomic E-state index is -0.118. The Morgan fingerprint density at radius 3 is 2.93 bits per heavy atom. The van der Waals surface area contributed by atoms with Crippen molar-refractivity contribution in [2.24, 2.45) is 0 Å². The highest BCUT2D eigenvalue weighted by atomic mass is 79.9. The molecule has 1 aliphatic heterocycles. The van der Waals surface area contributed by atoms with E-state index in [0.717, 1.165) is 19.4 Å². The highest BCUT2D eigenvalue weighted by Crippen LogP contribution is 2.34. The second-order valence-corrected chi connectivity index (χ2v) is 6.11. The molecule has 0 radical (unpaired) electrons. The average Bonchev–Trinajstić information content (AvgIpc) is 2.66. The molecule has 0 spiro atoms. The fraction of sp³-hybridized carbons (Fsp3) is 0.636. The fourth-order valence-corrected chi connectivity index (χ4v) is 3.87. The summed E-state index contributed by atoms with van der Waals surface area (Å²) >= 11 is 11.4. The molecule has 0 saturated carbocycles. The lowest BCUT2D eigenvalue weighted by atomic mass is 9.92. The van der Waals surface area contributed by atoms with E-state index in [1.54, 1.807) is 11.3 Å². The van der Waals surface area contributed by atoms with Gasteiger partial charge in [-0.25, -0.2) is 0 Å². The van der Waals surface area contributed by atoms with Crippen molar-refractivity contribution in [2.45, 2.75) is 31.3 Å². The van der Waals surface area contributed by atoms with Crippen LogP contribution in [0.15, 0.2) is 15.9 Å². The Morgan fingerprint density at radius 2 is 2.40 bits per heavy atom. The Bertz CT molecular complexity index is 320. The molecule has 0 bridgehead atoms. The summed E-state index contributed by atoms with van der Waals surface area (Å²) in [6, 6.07) is 2.09. The van der Waals surface area contributed by atoms with Crippen LogP contribution in [-0.4, -0.2) is 18.1 Å². The van der Waals surface area contributed by atoms with Crippen molar-refractivity contribution in [1.29, 1.82) is 0 Å². The fourth-order valence-electron chi connectivity index (χ4n) is 1.95. The van der Waals surface area contributed by atoms with Crippen LogP contribution in [-0.2, 0) is 11.2 Å². The maximum atomic E-state index is 6.07. The molecule has 0 N–H and O–H groups in total. The van der Waals surface area contributed by atoms with Gasteiger partial charge in [0.25, 0.3) is 0 Å². The number of hydrogen-bond donors (Lipinski definition) is 0. The minimum absolute atomic E-state index is 0.118. The molecule has 4 heteroatoms. The van der Waals surface area contributed by atoms with E-state index in [-0.39, 0.29) is 5.60 Å². The Hall–Kier alpha value is 0.430. The molecule has 0 aromatic carbocycles. The molecule has 2 rings (SSSR count). The average molecular weight is 310 g/mol. The lowest BCUT2D eigenvalue weighted by molar-refractivity contribution is -0.0611. The summed E-state index contributed by atoms with van der Waals surface area (Å²) in [4.78, 5) is 1.34. The van der Waals surface area contributed by atoms with Crippen LogP contribution < -0.4 is 0 Å². The first-order valence-corrected chi connectivity index (χ1v) is 7.38. The predicted octanol–water partition coefficient (Wildman–Crippen LogP) is 4.23. The normalized spacial score (nSPS) is 26.8. The van der Waals surface area contributed by atoms with Crippen molar-refractivity contribution in [3.05, 3.63) is 20.8 Å². The van der Waals surface area contributed by atoms with Crippen molar-refractivity contribution in [3.8, 4) is 0 Å². The van der Waals surface area contributed by atoms with Gasteiger partial charge in [-0.2, -0.15) is 0 Å². The molecule has 1 aliphatic rings. The quantitative estimate of drug-likeness (QED) is 0.759. The number of halogens is 2. The molecule has 1 saturated heterocycles. The summed E-state index contributed by atoms with van der Waals surface area (Å²) in [6.07, 6.45) is 4.43. The molecule has 84 valence electrons. The molecule has 1 nitrogen and oxygen atoms in total. The van der Waals surface area contributed by atoms with Crippen LogP contribution in [0.3, 0.4) is 0 Å². The Morgan fingerprint density at radius 1 is 1.53 bits per heavy atom. The second kappa shape index (κ2) is 5.17. The summed E-state index contributed by atoms with van der Waals surface area (Å²) < 4.78 is 7.08. The van der Waals surface area contributed by atoms with Crippen molar-refractivity contribution in [3.63, 3.8) is 0 Å². The van der Waals surface area contributed by atoms with Gasteiger partial charge in [-0.3, -0.25) is 0 Å². The topological polar surface area (TPSA) is 9.23 Å². The molecular weight excluding hydrogens is 296 g/mol. The number of ether oxygens (including phenoxy) is 1. The van der Waals surface area contributed by atoms with Gasteiger partial charge < -0.3 is 4.74 Å². The van der Waals surface area contributed by atoms with E-state index in [0.29, 0.717) is 5.88 Å². The maximum absolute atomic E-state index is 6.07. The minimum Gasteiger partial charge on any atom is -0.373 e. The molecule has 1 fully saturated rings. The molecular formula is C11H14BrClOS. The third-order valence-corrected chi connectivity index (χ3v) is 5.27. The van der Waals surface area contributed by atoms with E-state index < -0.39 is 0 Å². The van der Waals surface area contributed by atoms with Crippen LogP contribution >= 0.6 is 38.9 Å². The Kier molecular flexibility index (Phi) is 4.10. The van der Waals surface area contributed by atoms with Crippen LogP contribution in [0.1, 0.15) is 24.1 Å². The molecule has 0 amide bonds. The smallest absolute Gasteiger partial charge is 0.0865 e. The van der Waals surface area contributed by atoms with E-state index in [2.05, 4.69) is 27.4 Å². The van der Waals surface area contributed by atoms with Gasteiger partial charge in [0.15, 0.2) is 0 Å². The third kappa shape index (κ3) is 2.76. The first-order chi connectivity index (χ1) is 7.26. The molecule has 1 unspecified atom stereocenters. The van der Waals surface area contributed by atoms with Gasteiger partial charge in [0, 0.05) is 22.4 Å². The van der Waals surface area contributed by atoms with Gasteiger partial charge in [0.1, 0.15) is 0 Å².